The molecule has 0 bridgehead atoms. The molecular weight excluding hydrogens is 602 g/mol. The maximum absolute atomic E-state index is 13.8. The highest BCUT2D eigenvalue weighted by Crippen LogP contribution is 2.39. The first-order chi connectivity index (χ1) is 22.9. The van der Waals surface area contributed by atoms with Crippen LogP contribution in [0.25, 0.3) is 11.1 Å². The first-order valence-electron chi connectivity index (χ1n) is 16.1. The van der Waals surface area contributed by atoms with Crippen molar-refractivity contribution in [3.05, 3.63) is 89.9 Å². The summed E-state index contributed by atoms with van der Waals surface area (Å²) in [5.74, 6) is 1.12. The number of nitrogens with one attached hydrogen (secondary N) is 1. The Morgan fingerprint density at radius 3 is 2.53 bits per heavy atom. The smallest absolute Gasteiger partial charge is 0.345 e. The normalized spacial score (nSPS) is 20.2. The van der Waals surface area contributed by atoms with Crippen LogP contribution in [0.5, 0.6) is 0 Å². The van der Waals surface area contributed by atoms with E-state index in [0.717, 1.165) is 48.1 Å². The van der Waals surface area contributed by atoms with Gasteiger partial charge in [-0.15, -0.1) is 0 Å². The van der Waals surface area contributed by atoms with E-state index in [4.69, 9.17) is 14.7 Å². The summed E-state index contributed by atoms with van der Waals surface area (Å²) < 4.78 is 31.9. The molecule has 244 valence electrons. The third-order valence-corrected chi connectivity index (χ3v) is 9.25. The maximum Gasteiger partial charge on any atom is 0.345 e. The number of ether oxygens (including phenoxy) is 1. The molecular formula is C35H38F2N8O2. The predicted molar refractivity (Wildman–Crippen MR) is 171 cm³/mol. The van der Waals surface area contributed by atoms with Crippen LogP contribution in [0.3, 0.4) is 0 Å². The number of hydrogen-bond donors (Lipinski definition) is 1. The standard InChI is InChI=1S/C35H38F2N8O2/c1-44-21-28(20-42-44)26-11-12-30(39-18-26)32(34(46)41-17-24-5-3-2-4-6-24)25-9-7-23(8-10-25)15-31-40-19-27(16-38)33(43-31)45-14-13-29(22-45)47-35(36)37/h2-6,11-12,18-21,23,25,29,32,35H,7-10,13-15,17,22H2,1H3,(H,41,46). The summed E-state index contributed by atoms with van der Waals surface area (Å²) in [7, 11) is 1.87. The molecule has 1 saturated heterocycles. The van der Waals surface area contributed by atoms with E-state index in [0.29, 0.717) is 49.1 Å². The molecule has 47 heavy (non-hydrogen) atoms. The first-order valence-corrected chi connectivity index (χ1v) is 16.1. The van der Waals surface area contributed by atoms with Crippen LogP contribution in [0.1, 0.15) is 60.7 Å². The van der Waals surface area contributed by atoms with Gasteiger partial charge in [-0.05, 0) is 55.6 Å². The molecule has 2 aliphatic rings. The molecule has 12 heteroatoms. The van der Waals surface area contributed by atoms with Crippen LogP contribution in [0.15, 0.2) is 67.3 Å². The van der Waals surface area contributed by atoms with Crippen molar-refractivity contribution in [3.8, 4) is 17.2 Å². The van der Waals surface area contributed by atoms with Crippen molar-refractivity contribution < 1.29 is 18.3 Å². The van der Waals surface area contributed by atoms with E-state index in [-0.39, 0.29) is 24.3 Å². The molecule has 0 spiro atoms. The molecule has 4 heterocycles. The number of carbonyl (C=O) groups is 1. The molecule has 2 unspecified atom stereocenters. The second kappa shape index (κ2) is 14.8. The zero-order chi connectivity index (χ0) is 32.8. The third-order valence-electron chi connectivity index (χ3n) is 9.25. The molecule has 4 aromatic rings. The predicted octanol–water partition coefficient (Wildman–Crippen LogP) is 5.41. The highest BCUT2D eigenvalue weighted by Gasteiger charge is 2.35. The Bertz CT molecular complexity index is 1680. The van der Waals surface area contributed by atoms with Crippen molar-refractivity contribution in [1.82, 2.24) is 30.0 Å². The van der Waals surface area contributed by atoms with Gasteiger partial charge in [0.25, 0.3) is 0 Å². The van der Waals surface area contributed by atoms with Crippen molar-refractivity contribution in [3.63, 3.8) is 0 Å². The van der Waals surface area contributed by atoms with Crippen LogP contribution < -0.4 is 10.2 Å². The lowest BCUT2D eigenvalue weighted by Gasteiger charge is -2.33. The Morgan fingerprint density at radius 2 is 1.85 bits per heavy atom. The maximum atomic E-state index is 13.8. The van der Waals surface area contributed by atoms with E-state index < -0.39 is 12.7 Å². The van der Waals surface area contributed by atoms with Crippen molar-refractivity contribution in [2.45, 2.75) is 63.7 Å². The molecule has 2 atom stereocenters. The van der Waals surface area contributed by atoms with Gasteiger partial charge in [-0.1, -0.05) is 36.4 Å². The van der Waals surface area contributed by atoms with Crippen molar-refractivity contribution in [2.24, 2.45) is 18.9 Å². The van der Waals surface area contributed by atoms with Crippen LogP contribution in [-0.2, 0) is 29.5 Å². The Balaban J connectivity index is 1.13. The number of amides is 1. The van der Waals surface area contributed by atoms with Crippen LogP contribution >= 0.6 is 0 Å². The van der Waals surface area contributed by atoms with Crippen LogP contribution in [0.4, 0.5) is 14.6 Å². The van der Waals surface area contributed by atoms with Gasteiger partial charge in [0.2, 0.25) is 5.91 Å². The fourth-order valence-electron chi connectivity index (χ4n) is 6.80. The number of carbonyl (C=O) groups excluding carboxylic acids is 1. The van der Waals surface area contributed by atoms with Gasteiger partial charge in [0, 0.05) is 56.6 Å². The van der Waals surface area contributed by atoms with E-state index in [9.17, 15) is 18.8 Å². The molecule has 1 aliphatic heterocycles. The van der Waals surface area contributed by atoms with Crippen LogP contribution in [0.2, 0.25) is 0 Å². The molecule has 0 radical (unpaired) electrons. The Kier molecular flexibility index (Phi) is 10.1. The van der Waals surface area contributed by atoms with Gasteiger partial charge in [-0.25, -0.2) is 9.97 Å². The number of pyridine rings is 1. The molecule has 1 saturated carbocycles. The summed E-state index contributed by atoms with van der Waals surface area (Å²) in [6, 6.07) is 16.0. The van der Waals surface area contributed by atoms with E-state index >= 15 is 0 Å². The Labute approximate surface area is 272 Å². The lowest BCUT2D eigenvalue weighted by Crippen LogP contribution is -2.35. The molecule has 1 aliphatic carbocycles. The molecule has 10 nitrogen and oxygen atoms in total. The van der Waals surface area contributed by atoms with E-state index in [1.54, 1.807) is 10.9 Å². The summed E-state index contributed by atoms with van der Waals surface area (Å²) in [6.45, 7) is -1.64. The fourth-order valence-corrected chi connectivity index (χ4v) is 6.80. The van der Waals surface area contributed by atoms with E-state index in [2.05, 4.69) is 21.5 Å². The lowest BCUT2D eigenvalue weighted by atomic mass is 9.73. The molecule has 2 fully saturated rings. The zero-order valence-corrected chi connectivity index (χ0v) is 26.3. The fraction of sp³-hybridized carbons (Fsp3) is 0.429. The summed E-state index contributed by atoms with van der Waals surface area (Å²) in [4.78, 5) is 29.6. The van der Waals surface area contributed by atoms with Gasteiger partial charge in [0.1, 0.15) is 23.3 Å². The third kappa shape index (κ3) is 7.97. The minimum absolute atomic E-state index is 0.0289. The van der Waals surface area contributed by atoms with Gasteiger partial charge in [0.15, 0.2) is 0 Å². The quantitative estimate of drug-likeness (QED) is 0.231. The molecule has 1 aromatic carbocycles. The number of anilines is 1. The summed E-state index contributed by atoms with van der Waals surface area (Å²) >= 11 is 0. The number of rotatable bonds is 11. The summed E-state index contributed by atoms with van der Waals surface area (Å²) in [5.41, 5.74) is 4.03. The molecule has 3 aromatic heterocycles. The summed E-state index contributed by atoms with van der Waals surface area (Å²) in [5, 5.41) is 17.1. The van der Waals surface area contributed by atoms with Crippen LogP contribution in [0, 0.1) is 23.2 Å². The Morgan fingerprint density at radius 1 is 1.04 bits per heavy atom. The van der Waals surface area contributed by atoms with Crippen LogP contribution in [-0.4, -0.2) is 56.4 Å². The number of alkyl halides is 2. The largest absolute Gasteiger partial charge is 0.353 e. The van der Waals surface area contributed by atoms with Crippen molar-refractivity contribution >= 4 is 11.7 Å². The number of nitrogens with zero attached hydrogens (tertiary/aromatic N) is 7. The minimum atomic E-state index is -2.83. The number of benzene rings is 1. The van der Waals surface area contributed by atoms with Gasteiger partial charge in [-0.3, -0.25) is 14.5 Å². The SMILES string of the molecule is Cn1cc(-c2ccc(C(C(=O)NCc3ccccc3)C3CCC(Cc4ncc(C#N)c(N5CCC(OC(F)F)C5)n4)CC3)nc2)cn1. The van der Waals surface area contributed by atoms with Gasteiger partial charge in [0.05, 0.1) is 30.1 Å². The number of hydrogen-bond acceptors (Lipinski definition) is 8. The van der Waals surface area contributed by atoms with Crippen molar-refractivity contribution in [2.75, 3.05) is 18.0 Å². The minimum Gasteiger partial charge on any atom is -0.353 e. The monoisotopic (exact) mass is 640 g/mol. The van der Waals surface area contributed by atoms with E-state index in [1.165, 1.54) is 6.20 Å². The molecule has 1 N–H and O–H groups in total. The number of halogens is 2. The van der Waals surface area contributed by atoms with Crippen molar-refractivity contribution in [1.29, 1.82) is 5.26 Å². The van der Waals surface area contributed by atoms with E-state index in [1.807, 2.05) is 66.8 Å². The molecule has 1 amide bonds. The second-order valence-corrected chi connectivity index (χ2v) is 12.4. The summed E-state index contributed by atoms with van der Waals surface area (Å²) in [6.07, 6.45) is 11.0. The highest BCUT2D eigenvalue weighted by atomic mass is 19.3. The van der Waals surface area contributed by atoms with Gasteiger partial charge >= 0.3 is 6.61 Å². The Hall–Kier alpha value is -4.76. The average molecular weight is 641 g/mol. The van der Waals surface area contributed by atoms with Gasteiger partial charge < -0.3 is 15.0 Å². The zero-order valence-electron chi connectivity index (χ0n) is 26.3. The topological polar surface area (TPSA) is 122 Å². The average Bonchev–Trinajstić information content (AvgIpc) is 3.74. The second-order valence-electron chi connectivity index (χ2n) is 12.4. The molecule has 6 rings (SSSR count). The first kappa shape index (κ1) is 32.2. The highest BCUT2D eigenvalue weighted by molar-refractivity contribution is 5.83. The number of aryl methyl sites for hydroxylation is 1. The lowest BCUT2D eigenvalue weighted by molar-refractivity contribution is -0.156. The number of aromatic nitrogens is 5. The van der Waals surface area contributed by atoms with Gasteiger partial charge in [-0.2, -0.15) is 19.1 Å². The number of nitriles is 1.